The predicted molar refractivity (Wildman–Crippen MR) is 99.8 cm³/mol. The average molecular weight is 372 g/mol. The van der Waals surface area contributed by atoms with E-state index in [2.05, 4.69) is 24.3 Å². The van der Waals surface area contributed by atoms with Crippen LogP contribution in [-0.2, 0) is 13.1 Å². The molecule has 1 N–H and O–H groups in total. The molecule has 0 fully saturated rings. The zero-order valence-electron chi connectivity index (χ0n) is 15.7. The fourth-order valence-corrected chi connectivity index (χ4v) is 3.07. The van der Waals surface area contributed by atoms with E-state index in [4.69, 9.17) is 0 Å². The molecular weight excluding hydrogens is 347 g/mol. The number of halogens is 1. The van der Waals surface area contributed by atoms with Gasteiger partial charge >= 0.3 is 0 Å². The third kappa shape index (κ3) is 4.72. The second kappa shape index (κ2) is 8.33. The van der Waals surface area contributed by atoms with Crippen LogP contribution in [0.4, 0.5) is 4.39 Å². The van der Waals surface area contributed by atoms with Crippen LogP contribution in [0.25, 0.3) is 0 Å². The summed E-state index contributed by atoms with van der Waals surface area (Å²) in [6.45, 7) is 6.36. The summed E-state index contributed by atoms with van der Waals surface area (Å²) in [5.41, 5.74) is 1.55. The van der Waals surface area contributed by atoms with Crippen LogP contribution in [0.2, 0.25) is 0 Å². The van der Waals surface area contributed by atoms with Crippen molar-refractivity contribution in [3.8, 4) is 0 Å². The molecule has 7 heteroatoms. The van der Waals surface area contributed by atoms with E-state index < -0.39 is 0 Å². The van der Waals surface area contributed by atoms with Gasteiger partial charge in [0.1, 0.15) is 11.5 Å². The average Bonchev–Trinajstić information content (AvgIpc) is 3.00. The van der Waals surface area contributed by atoms with Gasteiger partial charge in [0, 0.05) is 32.2 Å². The van der Waals surface area contributed by atoms with E-state index >= 15 is 0 Å². The Morgan fingerprint density at radius 2 is 2.00 bits per heavy atom. The lowest BCUT2D eigenvalue weighted by Crippen LogP contribution is -2.30. The Bertz CT molecular complexity index is 814. The molecule has 1 aromatic carbocycles. The molecule has 0 aliphatic carbocycles. The highest BCUT2D eigenvalue weighted by molar-refractivity contribution is 5.98. The van der Waals surface area contributed by atoms with Crippen LogP contribution >= 0.6 is 0 Å². The van der Waals surface area contributed by atoms with E-state index in [0.717, 1.165) is 18.4 Å². The Kier molecular flexibility index (Phi) is 5.88. The SMILES string of the molecule is CC(C)CCNC(=O)c1cc2n(n1)CCCN(Cc1ccc(F)cc1)C2=O. The van der Waals surface area contributed by atoms with Gasteiger partial charge in [-0.3, -0.25) is 14.3 Å². The first-order valence-electron chi connectivity index (χ1n) is 9.34. The number of rotatable bonds is 6. The maximum atomic E-state index is 13.1. The van der Waals surface area contributed by atoms with Gasteiger partial charge in [0.25, 0.3) is 11.8 Å². The summed E-state index contributed by atoms with van der Waals surface area (Å²) < 4.78 is 14.7. The number of aryl methyl sites for hydroxylation is 1. The monoisotopic (exact) mass is 372 g/mol. The highest BCUT2D eigenvalue weighted by Gasteiger charge is 2.26. The van der Waals surface area contributed by atoms with Crippen molar-refractivity contribution in [3.05, 3.63) is 53.1 Å². The number of nitrogens with one attached hydrogen (secondary N) is 1. The normalized spacial score (nSPS) is 14.2. The third-order valence-corrected chi connectivity index (χ3v) is 4.61. The molecule has 27 heavy (non-hydrogen) atoms. The van der Waals surface area contributed by atoms with Gasteiger partial charge in [-0.05, 0) is 36.5 Å². The molecule has 0 atom stereocenters. The number of benzene rings is 1. The molecule has 0 saturated heterocycles. The molecule has 2 aromatic rings. The number of carbonyl (C=O) groups is 2. The molecule has 0 spiro atoms. The zero-order chi connectivity index (χ0) is 19.4. The van der Waals surface area contributed by atoms with Crippen molar-refractivity contribution in [2.24, 2.45) is 5.92 Å². The van der Waals surface area contributed by atoms with Gasteiger partial charge in [0.05, 0.1) is 0 Å². The first-order valence-corrected chi connectivity index (χ1v) is 9.34. The molecule has 1 aliphatic rings. The number of hydrogen-bond acceptors (Lipinski definition) is 3. The Morgan fingerprint density at radius 3 is 2.70 bits per heavy atom. The van der Waals surface area contributed by atoms with E-state index in [9.17, 15) is 14.0 Å². The van der Waals surface area contributed by atoms with Crippen LogP contribution in [0.1, 0.15) is 53.2 Å². The second-order valence-corrected chi connectivity index (χ2v) is 7.28. The molecule has 1 aliphatic heterocycles. The molecular formula is C20H25FN4O2. The van der Waals surface area contributed by atoms with Crippen LogP contribution < -0.4 is 5.32 Å². The van der Waals surface area contributed by atoms with Gasteiger partial charge < -0.3 is 10.2 Å². The predicted octanol–water partition coefficient (Wildman–Crippen LogP) is 2.84. The van der Waals surface area contributed by atoms with Gasteiger partial charge in [0.15, 0.2) is 5.69 Å². The van der Waals surface area contributed by atoms with Crippen molar-refractivity contribution in [1.82, 2.24) is 20.0 Å². The molecule has 6 nitrogen and oxygen atoms in total. The molecule has 0 saturated carbocycles. The topological polar surface area (TPSA) is 67.2 Å². The maximum Gasteiger partial charge on any atom is 0.272 e. The van der Waals surface area contributed by atoms with E-state index in [0.29, 0.717) is 37.8 Å². The first kappa shape index (κ1) is 19.1. The molecule has 1 aromatic heterocycles. The van der Waals surface area contributed by atoms with Crippen LogP contribution in [-0.4, -0.2) is 39.6 Å². The quantitative estimate of drug-likeness (QED) is 0.848. The van der Waals surface area contributed by atoms with E-state index in [-0.39, 0.29) is 23.3 Å². The van der Waals surface area contributed by atoms with Gasteiger partial charge in [-0.15, -0.1) is 0 Å². The Balaban J connectivity index is 1.71. The van der Waals surface area contributed by atoms with Crippen molar-refractivity contribution >= 4 is 11.8 Å². The summed E-state index contributed by atoms with van der Waals surface area (Å²) in [5.74, 6) is -0.211. The van der Waals surface area contributed by atoms with Gasteiger partial charge in [-0.1, -0.05) is 26.0 Å². The second-order valence-electron chi connectivity index (χ2n) is 7.28. The minimum absolute atomic E-state index is 0.162. The van der Waals surface area contributed by atoms with Crippen molar-refractivity contribution in [2.45, 2.75) is 39.8 Å². The highest BCUT2D eigenvalue weighted by Crippen LogP contribution is 2.17. The van der Waals surface area contributed by atoms with Gasteiger partial charge in [-0.25, -0.2) is 4.39 Å². The van der Waals surface area contributed by atoms with Crippen molar-refractivity contribution in [2.75, 3.05) is 13.1 Å². The van der Waals surface area contributed by atoms with Crippen molar-refractivity contribution < 1.29 is 14.0 Å². The number of fused-ring (bicyclic) bond motifs is 1. The summed E-state index contributed by atoms with van der Waals surface area (Å²) in [5, 5.41) is 7.17. The molecule has 0 unspecified atom stereocenters. The summed E-state index contributed by atoms with van der Waals surface area (Å²) in [4.78, 5) is 26.9. The van der Waals surface area contributed by atoms with Crippen LogP contribution in [0, 0.1) is 11.7 Å². The van der Waals surface area contributed by atoms with Crippen LogP contribution in [0.3, 0.4) is 0 Å². The fourth-order valence-electron chi connectivity index (χ4n) is 3.07. The Hall–Kier alpha value is -2.70. The fraction of sp³-hybridized carbons (Fsp3) is 0.450. The highest BCUT2D eigenvalue weighted by atomic mass is 19.1. The van der Waals surface area contributed by atoms with Crippen LogP contribution in [0.15, 0.2) is 30.3 Å². The Morgan fingerprint density at radius 1 is 1.26 bits per heavy atom. The number of carbonyl (C=O) groups excluding carboxylic acids is 2. The first-order chi connectivity index (χ1) is 12.9. The lowest BCUT2D eigenvalue weighted by Gasteiger charge is -2.20. The summed E-state index contributed by atoms with van der Waals surface area (Å²) in [6, 6.07) is 7.70. The summed E-state index contributed by atoms with van der Waals surface area (Å²) in [6.07, 6.45) is 1.64. The van der Waals surface area contributed by atoms with Crippen molar-refractivity contribution in [3.63, 3.8) is 0 Å². The minimum Gasteiger partial charge on any atom is -0.351 e. The lowest BCUT2D eigenvalue weighted by molar-refractivity contribution is 0.0745. The summed E-state index contributed by atoms with van der Waals surface area (Å²) >= 11 is 0. The largest absolute Gasteiger partial charge is 0.351 e. The smallest absolute Gasteiger partial charge is 0.272 e. The molecule has 2 heterocycles. The van der Waals surface area contributed by atoms with E-state index in [1.165, 1.54) is 12.1 Å². The molecule has 0 radical (unpaired) electrons. The lowest BCUT2D eigenvalue weighted by atomic mass is 10.1. The minimum atomic E-state index is -0.299. The summed E-state index contributed by atoms with van der Waals surface area (Å²) in [7, 11) is 0. The number of hydrogen-bond donors (Lipinski definition) is 1. The Labute approximate surface area is 158 Å². The van der Waals surface area contributed by atoms with Crippen molar-refractivity contribution in [1.29, 1.82) is 0 Å². The zero-order valence-corrected chi connectivity index (χ0v) is 15.7. The third-order valence-electron chi connectivity index (χ3n) is 4.61. The van der Waals surface area contributed by atoms with Crippen LogP contribution in [0.5, 0.6) is 0 Å². The molecule has 3 rings (SSSR count). The standard InChI is InChI=1S/C20H25FN4O2/c1-14(2)8-9-22-19(26)17-12-18-20(27)24(10-3-11-25(18)23-17)13-15-4-6-16(21)7-5-15/h4-7,12,14H,3,8-11,13H2,1-2H3,(H,22,26). The van der Waals surface area contributed by atoms with E-state index in [1.807, 2.05) is 0 Å². The molecule has 144 valence electrons. The molecule has 0 bridgehead atoms. The number of amides is 2. The van der Waals surface area contributed by atoms with Gasteiger partial charge in [0.2, 0.25) is 0 Å². The van der Waals surface area contributed by atoms with E-state index in [1.54, 1.807) is 27.8 Å². The maximum absolute atomic E-state index is 13.1. The number of nitrogens with zero attached hydrogens (tertiary/aromatic N) is 3. The number of aromatic nitrogens is 2. The van der Waals surface area contributed by atoms with Gasteiger partial charge in [-0.2, -0.15) is 5.10 Å². The molecule has 2 amide bonds.